The Balaban J connectivity index is 1.70. The smallest absolute Gasteiger partial charge is 0.134 e. The number of hydrogen-bond acceptors (Lipinski definition) is 2. The van der Waals surface area contributed by atoms with Gasteiger partial charge in [-0.25, -0.2) is 0 Å². The highest BCUT2D eigenvalue weighted by Gasteiger charge is 2.07. The Labute approximate surface area is 135 Å². The Kier molecular flexibility index (Phi) is 3.35. The van der Waals surface area contributed by atoms with Gasteiger partial charge in [-0.2, -0.15) is 0 Å². The molecule has 2 nitrogen and oxygen atoms in total. The highest BCUT2D eigenvalue weighted by Crippen LogP contribution is 2.32. The van der Waals surface area contributed by atoms with Crippen LogP contribution in [0.3, 0.4) is 0 Å². The average molecular weight is 300 g/mol. The zero-order valence-corrected chi connectivity index (χ0v) is 12.8. The zero-order chi connectivity index (χ0) is 15.6. The second-order valence-electron chi connectivity index (χ2n) is 5.45. The van der Waals surface area contributed by atoms with Gasteiger partial charge in [0, 0.05) is 10.9 Å². The van der Waals surface area contributed by atoms with Crippen LogP contribution in [-0.2, 0) is 0 Å². The van der Waals surface area contributed by atoms with E-state index in [9.17, 15) is 0 Å². The lowest BCUT2D eigenvalue weighted by Crippen LogP contribution is -1.83. The summed E-state index contributed by atoms with van der Waals surface area (Å²) in [6.07, 6.45) is 1.83. The van der Waals surface area contributed by atoms with Crippen LogP contribution in [0.15, 0.2) is 83.5 Å². The summed E-state index contributed by atoms with van der Waals surface area (Å²) < 4.78 is 10.8. The summed E-state index contributed by atoms with van der Waals surface area (Å²) in [5, 5.41) is 1.14. The highest BCUT2D eigenvalue weighted by atomic mass is 16.5. The van der Waals surface area contributed by atoms with Crippen molar-refractivity contribution in [1.82, 2.24) is 0 Å². The van der Waals surface area contributed by atoms with Gasteiger partial charge in [-0.1, -0.05) is 54.6 Å². The molecule has 0 atom stereocenters. The van der Waals surface area contributed by atoms with Crippen LogP contribution >= 0.6 is 0 Å². The molecule has 0 aliphatic rings. The summed E-state index contributed by atoms with van der Waals surface area (Å²) in [5.41, 5.74) is 5.56. The van der Waals surface area contributed by atoms with E-state index in [4.69, 9.17) is 9.15 Å². The molecule has 3 aromatic carbocycles. The van der Waals surface area contributed by atoms with Crippen LogP contribution in [0, 0.1) is 0 Å². The first kappa shape index (κ1) is 13.6. The fourth-order valence-corrected chi connectivity index (χ4v) is 2.83. The molecule has 1 heterocycles. The molecule has 0 radical (unpaired) electrons. The van der Waals surface area contributed by atoms with E-state index < -0.39 is 0 Å². The highest BCUT2D eigenvalue weighted by molar-refractivity contribution is 5.94. The third-order valence-corrected chi connectivity index (χ3v) is 4.10. The predicted octanol–water partition coefficient (Wildman–Crippen LogP) is 5.78. The van der Waals surface area contributed by atoms with Crippen molar-refractivity contribution in [2.75, 3.05) is 7.11 Å². The van der Waals surface area contributed by atoms with Gasteiger partial charge in [0.15, 0.2) is 0 Å². The fourth-order valence-electron chi connectivity index (χ4n) is 2.83. The lowest BCUT2D eigenvalue weighted by atomic mass is 10.00. The molecular weight excluding hydrogens is 284 g/mol. The third kappa shape index (κ3) is 2.49. The summed E-state index contributed by atoms with van der Waals surface area (Å²) in [4.78, 5) is 0. The van der Waals surface area contributed by atoms with Gasteiger partial charge in [0.05, 0.1) is 13.4 Å². The van der Waals surface area contributed by atoms with Crippen molar-refractivity contribution in [3.05, 3.63) is 79.1 Å². The van der Waals surface area contributed by atoms with Crippen LogP contribution < -0.4 is 4.74 Å². The van der Waals surface area contributed by atoms with Gasteiger partial charge in [-0.15, -0.1) is 0 Å². The van der Waals surface area contributed by atoms with Crippen molar-refractivity contribution in [2.24, 2.45) is 0 Å². The quantitative estimate of drug-likeness (QED) is 0.479. The maximum absolute atomic E-state index is 5.63. The number of methoxy groups -OCH3 is 1. The number of fused-ring (bicyclic) bond motifs is 1. The van der Waals surface area contributed by atoms with Gasteiger partial charge in [0.1, 0.15) is 11.3 Å². The van der Waals surface area contributed by atoms with Gasteiger partial charge in [-0.3, -0.25) is 0 Å². The van der Waals surface area contributed by atoms with E-state index in [2.05, 4.69) is 42.5 Å². The molecule has 4 rings (SSSR count). The molecule has 0 aliphatic heterocycles. The summed E-state index contributed by atoms with van der Waals surface area (Å²) in [6.45, 7) is 0. The molecule has 23 heavy (non-hydrogen) atoms. The Bertz CT molecular complexity index is 932. The molecule has 0 saturated carbocycles. The van der Waals surface area contributed by atoms with Gasteiger partial charge in [0.2, 0.25) is 0 Å². The van der Waals surface area contributed by atoms with Gasteiger partial charge in [-0.05, 0) is 34.9 Å². The number of ether oxygens (including phenoxy) is 1. The van der Waals surface area contributed by atoms with Crippen LogP contribution in [0.4, 0.5) is 0 Å². The van der Waals surface area contributed by atoms with Crippen molar-refractivity contribution in [2.45, 2.75) is 0 Å². The molecule has 0 fully saturated rings. The molecule has 112 valence electrons. The predicted molar refractivity (Wildman–Crippen MR) is 93.6 cm³/mol. The van der Waals surface area contributed by atoms with Crippen LogP contribution in [0.2, 0.25) is 0 Å². The third-order valence-electron chi connectivity index (χ3n) is 4.10. The molecule has 0 amide bonds. The molecule has 0 N–H and O–H groups in total. The number of benzene rings is 3. The molecule has 0 saturated heterocycles. The van der Waals surface area contributed by atoms with Crippen LogP contribution in [0.25, 0.3) is 33.2 Å². The minimum atomic E-state index is 0.871. The minimum absolute atomic E-state index is 0.871. The number of hydrogen-bond donors (Lipinski definition) is 0. The van der Waals surface area contributed by atoms with Gasteiger partial charge >= 0.3 is 0 Å². The Morgan fingerprint density at radius 3 is 2.00 bits per heavy atom. The van der Waals surface area contributed by atoms with Gasteiger partial charge < -0.3 is 9.15 Å². The SMILES string of the molecule is COc1ccc(-c2ccc(-c3coc4ccccc34)cc2)cc1. The lowest BCUT2D eigenvalue weighted by molar-refractivity contribution is 0.415. The largest absolute Gasteiger partial charge is 0.497 e. The second-order valence-corrected chi connectivity index (χ2v) is 5.45. The Morgan fingerprint density at radius 2 is 1.30 bits per heavy atom. The maximum Gasteiger partial charge on any atom is 0.134 e. The number of rotatable bonds is 3. The van der Waals surface area contributed by atoms with Crippen molar-refractivity contribution < 1.29 is 9.15 Å². The van der Waals surface area contributed by atoms with E-state index in [-0.39, 0.29) is 0 Å². The topological polar surface area (TPSA) is 22.4 Å². The zero-order valence-electron chi connectivity index (χ0n) is 12.8. The van der Waals surface area contributed by atoms with E-state index in [0.717, 1.165) is 27.8 Å². The molecule has 0 bridgehead atoms. The van der Waals surface area contributed by atoms with E-state index in [1.807, 2.05) is 36.6 Å². The van der Waals surface area contributed by atoms with Crippen molar-refractivity contribution in [3.8, 4) is 28.0 Å². The van der Waals surface area contributed by atoms with E-state index in [1.165, 1.54) is 11.1 Å². The summed E-state index contributed by atoms with van der Waals surface area (Å²) in [7, 11) is 1.68. The van der Waals surface area contributed by atoms with E-state index in [1.54, 1.807) is 7.11 Å². The molecule has 4 aromatic rings. The van der Waals surface area contributed by atoms with Crippen LogP contribution in [-0.4, -0.2) is 7.11 Å². The monoisotopic (exact) mass is 300 g/mol. The minimum Gasteiger partial charge on any atom is -0.497 e. The van der Waals surface area contributed by atoms with Crippen molar-refractivity contribution in [1.29, 1.82) is 0 Å². The van der Waals surface area contributed by atoms with Crippen molar-refractivity contribution >= 4 is 11.0 Å². The van der Waals surface area contributed by atoms with E-state index in [0.29, 0.717) is 0 Å². The molecule has 1 aromatic heterocycles. The maximum atomic E-state index is 5.63. The van der Waals surface area contributed by atoms with Crippen LogP contribution in [0.5, 0.6) is 5.75 Å². The first-order valence-corrected chi connectivity index (χ1v) is 7.56. The first-order valence-electron chi connectivity index (χ1n) is 7.56. The van der Waals surface area contributed by atoms with Crippen molar-refractivity contribution in [3.63, 3.8) is 0 Å². The Hall–Kier alpha value is -3.00. The normalized spacial score (nSPS) is 10.8. The van der Waals surface area contributed by atoms with Gasteiger partial charge in [0.25, 0.3) is 0 Å². The molecule has 0 spiro atoms. The number of furan rings is 1. The lowest BCUT2D eigenvalue weighted by Gasteiger charge is -2.05. The second kappa shape index (κ2) is 5.65. The van der Waals surface area contributed by atoms with Crippen LogP contribution in [0.1, 0.15) is 0 Å². The van der Waals surface area contributed by atoms with E-state index >= 15 is 0 Å². The average Bonchev–Trinajstić information content (AvgIpc) is 3.06. The first-order chi connectivity index (χ1) is 11.3. The fraction of sp³-hybridized carbons (Fsp3) is 0.0476. The summed E-state index contributed by atoms with van der Waals surface area (Å²) >= 11 is 0. The Morgan fingerprint density at radius 1 is 0.696 bits per heavy atom. The molecule has 0 aliphatic carbocycles. The standard InChI is InChI=1S/C21H16O2/c1-22-18-12-10-16(11-13-18)15-6-8-17(9-7-15)20-14-23-21-5-3-2-4-19(20)21/h2-14H,1H3. The molecular formula is C21H16O2. The number of para-hydroxylation sites is 1. The summed E-state index contributed by atoms with van der Waals surface area (Å²) in [5.74, 6) is 0.871. The molecule has 2 heteroatoms. The molecule has 0 unspecified atom stereocenters. The summed E-state index contributed by atoms with van der Waals surface area (Å²) in [6, 6.07) is 24.7.